The first kappa shape index (κ1) is 23.1. The zero-order valence-corrected chi connectivity index (χ0v) is 20.6. The van der Waals surface area contributed by atoms with Gasteiger partial charge in [-0.1, -0.05) is 48.1 Å². The number of fused-ring (bicyclic) bond motifs is 1. The number of ether oxygens (including phenoxy) is 1. The Bertz CT molecular complexity index is 1480. The largest absolute Gasteiger partial charge is 0.507 e. The van der Waals surface area contributed by atoms with Crippen molar-refractivity contribution in [2.24, 2.45) is 0 Å². The fourth-order valence-electron chi connectivity index (χ4n) is 4.17. The highest BCUT2D eigenvalue weighted by molar-refractivity contribution is 7.22. The Kier molecular flexibility index (Phi) is 6.05. The van der Waals surface area contributed by atoms with E-state index in [9.17, 15) is 14.7 Å². The maximum Gasteiger partial charge on any atom is 0.301 e. The van der Waals surface area contributed by atoms with E-state index in [1.807, 2.05) is 18.2 Å². The number of aryl methyl sites for hydroxylation is 1. The molecule has 0 radical (unpaired) electrons. The molecule has 6 nitrogen and oxygen atoms in total. The number of thiazole rings is 1. The number of aliphatic hydroxyl groups is 1. The minimum absolute atomic E-state index is 0.00371. The first-order valence-electron chi connectivity index (χ1n) is 11.0. The lowest BCUT2D eigenvalue weighted by molar-refractivity contribution is -0.132. The number of carbonyl (C=O) groups excluding carboxylic acids is 2. The van der Waals surface area contributed by atoms with E-state index >= 15 is 0 Å². The number of ketones is 1. The van der Waals surface area contributed by atoms with Crippen molar-refractivity contribution in [1.82, 2.24) is 4.98 Å². The van der Waals surface area contributed by atoms with Gasteiger partial charge < -0.3 is 9.84 Å². The number of hydrogen-bond donors (Lipinski definition) is 1. The first-order valence-corrected chi connectivity index (χ1v) is 12.2. The molecule has 0 aliphatic carbocycles. The molecule has 5 rings (SSSR count). The van der Waals surface area contributed by atoms with Gasteiger partial charge in [-0.05, 0) is 66.1 Å². The van der Waals surface area contributed by atoms with Gasteiger partial charge >= 0.3 is 5.91 Å². The summed E-state index contributed by atoms with van der Waals surface area (Å²) in [5, 5.41) is 12.1. The van der Waals surface area contributed by atoms with Gasteiger partial charge in [0.05, 0.1) is 28.9 Å². The van der Waals surface area contributed by atoms with Crippen molar-refractivity contribution in [2.45, 2.75) is 19.4 Å². The number of Topliss-reactive ketones (excluding diaryl/α,β-unsaturated/α-hetero) is 1. The number of amides is 1. The highest BCUT2D eigenvalue weighted by atomic mass is 35.5. The highest BCUT2D eigenvalue weighted by Crippen LogP contribution is 2.44. The van der Waals surface area contributed by atoms with Gasteiger partial charge in [0.25, 0.3) is 5.78 Å². The zero-order valence-electron chi connectivity index (χ0n) is 19.0. The van der Waals surface area contributed by atoms with E-state index in [0.717, 1.165) is 22.2 Å². The molecular weight excluding hydrogens is 484 g/mol. The summed E-state index contributed by atoms with van der Waals surface area (Å²) >= 11 is 7.34. The van der Waals surface area contributed by atoms with Crippen LogP contribution < -0.4 is 9.64 Å². The lowest BCUT2D eigenvalue weighted by atomic mass is 9.95. The van der Waals surface area contributed by atoms with Gasteiger partial charge in [0.1, 0.15) is 11.5 Å². The molecule has 1 N–H and O–H groups in total. The van der Waals surface area contributed by atoms with Crippen LogP contribution in [0.4, 0.5) is 5.13 Å². The van der Waals surface area contributed by atoms with Crippen molar-refractivity contribution < 1.29 is 19.4 Å². The summed E-state index contributed by atoms with van der Waals surface area (Å²) < 4.78 is 6.19. The summed E-state index contributed by atoms with van der Waals surface area (Å²) in [6.45, 7) is 2.07. The smallest absolute Gasteiger partial charge is 0.301 e. The van der Waals surface area contributed by atoms with Gasteiger partial charge in [-0.25, -0.2) is 4.98 Å². The molecule has 2 heterocycles. The van der Waals surface area contributed by atoms with E-state index in [2.05, 4.69) is 11.9 Å². The minimum Gasteiger partial charge on any atom is -0.507 e. The first-order chi connectivity index (χ1) is 16.9. The quantitative estimate of drug-likeness (QED) is 0.200. The summed E-state index contributed by atoms with van der Waals surface area (Å²) in [4.78, 5) is 32.7. The highest BCUT2D eigenvalue weighted by Gasteiger charge is 2.48. The molecule has 1 aliphatic rings. The number of methoxy groups -OCH3 is 1. The summed E-state index contributed by atoms with van der Waals surface area (Å²) in [6, 6.07) is 18.6. The van der Waals surface area contributed by atoms with Crippen molar-refractivity contribution in [2.75, 3.05) is 12.0 Å². The molecular formula is C27H21ClN2O4S. The fourth-order valence-corrected chi connectivity index (χ4v) is 5.36. The SMILES string of the molecule is CCc1ccc2nc(N3C(=O)C(=O)/C(=C(/O)c4ccc(Cl)cc4)C3c3ccc(OC)cc3)sc2c1. The van der Waals surface area contributed by atoms with Gasteiger partial charge in [-0.2, -0.15) is 0 Å². The van der Waals surface area contributed by atoms with Gasteiger partial charge in [-0.15, -0.1) is 0 Å². The molecule has 1 saturated heterocycles. The molecule has 8 heteroatoms. The Morgan fingerprint density at radius 2 is 1.80 bits per heavy atom. The Morgan fingerprint density at radius 1 is 1.09 bits per heavy atom. The lowest BCUT2D eigenvalue weighted by Crippen LogP contribution is -2.29. The van der Waals surface area contributed by atoms with E-state index in [1.54, 1.807) is 55.6 Å². The lowest BCUT2D eigenvalue weighted by Gasteiger charge is -2.23. The molecule has 0 spiro atoms. The normalized spacial score (nSPS) is 17.3. The second-order valence-electron chi connectivity index (χ2n) is 8.10. The van der Waals surface area contributed by atoms with Crippen LogP contribution in [0, 0.1) is 0 Å². The number of rotatable bonds is 5. The standard InChI is InChI=1S/C27H21ClN2O4S/c1-3-15-4-13-20-21(14-15)35-27(29-20)30-23(16-7-11-19(34-2)12-8-16)22(25(32)26(30)33)24(31)17-5-9-18(28)10-6-17/h4-14,23,31H,3H2,1-2H3/b24-22+. The third-order valence-electron chi connectivity index (χ3n) is 6.05. The van der Waals surface area contributed by atoms with Crippen LogP contribution in [-0.4, -0.2) is 28.9 Å². The summed E-state index contributed by atoms with van der Waals surface area (Å²) in [6.07, 6.45) is 0.876. The monoisotopic (exact) mass is 504 g/mol. The van der Waals surface area contributed by atoms with E-state index < -0.39 is 17.7 Å². The maximum absolute atomic E-state index is 13.4. The summed E-state index contributed by atoms with van der Waals surface area (Å²) in [5.74, 6) is -1.14. The molecule has 4 aromatic rings. The molecule has 176 valence electrons. The van der Waals surface area contributed by atoms with Crippen LogP contribution in [-0.2, 0) is 16.0 Å². The second kappa shape index (κ2) is 9.17. The fraction of sp³-hybridized carbons (Fsp3) is 0.148. The Hall–Kier alpha value is -3.68. The van der Waals surface area contributed by atoms with E-state index in [4.69, 9.17) is 16.3 Å². The van der Waals surface area contributed by atoms with Gasteiger partial charge in [0.15, 0.2) is 5.13 Å². The van der Waals surface area contributed by atoms with E-state index in [1.165, 1.54) is 16.2 Å². The van der Waals surface area contributed by atoms with E-state index in [-0.39, 0.29) is 11.3 Å². The average molecular weight is 505 g/mol. The van der Waals surface area contributed by atoms with Crippen LogP contribution in [0.15, 0.2) is 72.3 Å². The molecule has 0 bridgehead atoms. The van der Waals surface area contributed by atoms with Gasteiger partial charge in [0, 0.05) is 10.6 Å². The number of aromatic nitrogens is 1. The molecule has 1 unspecified atom stereocenters. The predicted octanol–water partition coefficient (Wildman–Crippen LogP) is 6.15. The maximum atomic E-state index is 13.4. The van der Waals surface area contributed by atoms with Crippen molar-refractivity contribution >= 4 is 55.7 Å². The molecule has 35 heavy (non-hydrogen) atoms. The van der Waals surface area contributed by atoms with Crippen LogP contribution in [0.1, 0.15) is 29.7 Å². The summed E-state index contributed by atoms with van der Waals surface area (Å²) in [7, 11) is 1.56. The number of aliphatic hydroxyl groups excluding tert-OH is 1. The minimum atomic E-state index is -0.859. The molecule has 1 aliphatic heterocycles. The Morgan fingerprint density at radius 3 is 2.46 bits per heavy atom. The van der Waals surface area contributed by atoms with Gasteiger partial charge in [0.2, 0.25) is 0 Å². The van der Waals surface area contributed by atoms with Crippen molar-refractivity contribution in [1.29, 1.82) is 0 Å². The van der Waals surface area contributed by atoms with Crippen molar-refractivity contribution in [3.05, 3.63) is 94.0 Å². The Balaban J connectivity index is 1.70. The van der Waals surface area contributed by atoms with Crippen LogP contribution in [0.25, 0.3) is 16.0 Å². The van der Waals surface area contributed by atoms with Crippen LogP contribution >= 0.6 is 22.9 Å². The van der Waals surface area contributed by atoms with Crippen LogP contribution in [0.2, 0.25) is 5.02 Å². The molecule has 0 saturated carbocycles. The molecule has 1 atom stereocenters. The van der Waals surface area contributed by atoms with Crippen molar-refractivity contribution in [3.63, 3.8) is 0 Å². The molecule has 1 aromatic heterocycles. The van der Waals surface area contributed by atoms with Crippen LogP contribution in [0.3, 0.4) is 0 Å². The number of hydrogen-bond acceptors (Lipinski definition) is 6. The molecule has 1 amide bonds. The molecule has 3 aromatic carbocycles. The number of carbonyl (C=O) groups is 2. The van der Waals surface area contributed by atoms with Crippen molar-refractivity contribution in [3.8, 4) is 5.75 Å². The average Bonchev–Trinajstić information content (AvgIpc) is 3.41. The molecule has 1 fully saturated rings. The third kappa shape index (κ3) is 4.07. The third-order valence-corrected chi connectivity index (χ3v) is 7.32. The number of benzene rings is 3. The number of anilines is 1. The predicted molar refractivity (Wildman–Crippen MR) is 138 cm³/mol. The summed E-state index contributed by atoms with van der Waals surface area (Å²) in [5.41, 5.74) is 2.94. The number of nitrogens with zero attached hydrogens (tertiary/aromatic N) is 2. The number of halogens is 1. The second-order valence-corrected chi connectivity index (χ2v) is 9.55. The van der Waals surface area contributed by atoms with Gasteiger partial charge in [-0.3, -0.25) is 14.5 Å². The zero-order chi connectivity index (χ0) is 24.7. The topological polar surface area (TPSA) is 79.7 Å². The Labute approximate surface area is 211 Å². The van der Waals surface area contributed by atoms with E-state index in [0.29, 0.717) is 27.0 Å². The van der Waals surface area contributed by atoms with Crippen LogP contribution in [0.5, 0.6) is 5.75 Å².